The first-order valence-corrected chi connectivity index (χ1v) is 4.42. The number of hydrogen-bond acceptors (Lipinski definition) is 1. The summed E-state index contributed by atoms with van der Waals surface area (Å²) in [5.74, 6) is -0.287. The zero-order valence-corrected chi connectivity index (χ0v) is 7.81. The zero-order chi connectivity index (χ0) is 9.68. The second-order valence-electron chi connectivity index (χ2n) is 2.75. The van der Waals surface area contributed by atoms with Gasteiger partial charge in [-0.15, -0.1) is 0 Å². The van der Waals surface area contributed by atoms with E-state index in [9.17, 15) is 4.39 Å². The Morgan fingerprint density at radius 3 is 2.85 bits per heavy atom. The topological polar surface area (TPSA) is 23.8 Å². The van der Waals surface area contributed by atoms with Crippen molar-refractivity contribution in [3.63, 3.8) is 0 Å². The van der Waals surface area contributed by atoms with Crippen molar-refractivity contribution in [1.82, 2.24) is 0 Å². The third-order valence-electron chi connectivity index (χ3n) is 1.75. The highest BCUT2D eigenvalue weighted by Crippen LogP contribution is 2.16. The normalized spacial score (nSPS) is 9.62. The molecule has 0 aliphatic heterocycles. The van der Waals surface area contributed by atoms with Crippen LogP contribution in [-0.2, 0) is 6.42 Å². The Hall–Kier alpha value is -1.07. The number of nitriles is 1. The third kappa shape index (κ3) is 3.04. The van der Waals surface area contributed by atoms with Crippen LogP contribution < -0.4 is 0 Å². The van der Waals surface area contributed by atoms with E-state index in [0.717, 1.165) is 0 Å². The lowest BCUT2D eigenvalue weighted by atomic mass is 10.1. The highest BCUT2D eigenvalue weighted by Gasteiger charge is 2.01. The van der Waals surface area contributed by atoms with Crippen molar-refractivity contribution in [2.75, 3.05) is 0 Å². The Morgan fingerprint density at radius 1 is 1.46 bits per heavy atom. The minimum absolute atomic E-state index is 0.287. The number of rotatable bonds is 3. The van der Waals surface area contributed by atoms with Gasteiger partial charge in [0.15, 0.2) is 0 Å². The predicted molar refractivity (Wildman–Crippen MR) is 50.0 cm³/mol. The van der Waals surface area contributed by atoms with Gasteiger partial charge in [0.05, 0.1) is 6.07 Å². The second-order valence-corrected chi connectivity index (χ2v) is 3.18. The molecule has 1 rings (SSSR count). The summed E-state index contributed by atoms with van der Waals surface area (Å²) in [6.07, 6.45) is 1.74. The van der Waals surface area contributed by atoms with E-state index in [1.807, 2.05) is 6.07 Å². The molecular formula is C10H9ClFN. The minimum atomic E-state index is -0.287. The van der Waals surface area contributed by atoms with Crippen molar-refractivity contribution in [3.05, 3.63) is 34.6 Å². The molecule has 0 spiro atoms. The first-order chi connectivity index (χ1) is 6.24. The molecule has 0 saturated heterocycles. The number of halogens is 2. The quantitative estimate of drug-likeness (QED) is 0.682. The summed E-state index contributed by atoms with van der Waals surface area (Å²) in [5, 5.41) is 8.70. The van der Waals surface area contributed by atoms with Crippen molar-refractivity contribution < 1.29 is 4.39 Å². The lowest BCUT2D eigenvalue weighted by Gasteiger charge is -2.00. The molecular weight excluding hydrogens is 189 g/mol. The molecule has 0 N–H and O–H groups in total. The molecule has 3 heteroatoms. The van der Waals surface area contributed by atoms with Crippen LogP contribution in [0, 0.1) is 17.1 Å². The van der Waals surface area contributed by atoms with E-state index in [2.05, 4.69) is 0 Å². The van der Waals surface area contributed by atoms with Gasteiger partial charge in [-0.2, -0.15) is 5.26 Å². The van der Waals surface area contributed by atoms with Crippen molar-refractivity contribution >= 4 is 11.6 Å². The van der Waals surface area contributed by atoms with Gasteiger partial charge in [-0.3, -0.25) is 0 Å². The Morgan fingerprint density at radius 2 is 2.23 bits per heavy atom. The smallest absolute Gasteiger partial charge is 0.127 e. The van der Waals surface area contributed by atoms with Gasteiger partial charge in [-0.05, 0) is 30.5 Å². The average molecular weight is 198 g/mol. The molecule has 0 aromatic heterocycles. The summed E-state index contributed by atoms with van der Waals surface area (Å²) >= 11 is 5.59. The summed E-state index contributed by atoms with van der Waals surface area (Å²) in [6, 6.07) is 6.64. The van der Waals surface area contributed by atoms with Crippen molar-refractivity contribution in [3.8, 4) is 6.07 Å². The Balaban J connectivity index is 2.62. The van der Waals surface area contributed by atoms with Crippen LogP contribution in [0.1, 0.15) is 18.4 Å². The van der Waals surface area contributed by atoms with Gasteiger partial charge in [0.1, 0.15) is 5.82 Å². The molecule has 0 fully saturated rings. The molecule has 0 aliphatic rings. The molecule has 0 heterocycles. The lowest BCUT2D eigenvalue weighted by Crippen LogP contribution is -1.89. The van der Waals surface area contributed by atoms with Gasteiger partial charge >= 0.3 is 0 Å². The zero-order valence-electron chi connectivity index (χ0n) is 7.06. The number of unbranched alkanes of at least 4 members (excludes halogenated alkanes) is 1. The first-order valence-electron chi connectivity index (χ1n) is 4.05. The van der Waals surface area contributed by atoms with E-state index in [-0.39, 0.29) is 5.82 Å². The van der Waals surface area contributed by atoms with E-state index in [1.165, 1.54) is 6.07 Å². The fraction of sp³-hybridized carbons (Fsp3) is 0.300. The van der Waals surface area contributed by atoms with Gasteiger partial charge in [0.2, 0.25) is 0 Å². The fourth-order valence-corrected chi connectivity index (χ4v) is 1.24. The largest absolute Gasteiger partial charge is 0.207 e. The van der Waals surface area contributed by atoms with Crippen LogP contribution in [0.3, 0.4) is 0 Å². The van der Waals surface area contributed by atoms with Gasteiger partial charge in [-0.25, -0.2) is 4.39 Å². The molecule has 68 valence electrons. The number of benzene rings is 1. The standard InChI is InChI=1S/C10H9ClFN/c11-9-5-4-8(10(12)7-9)3-1-2-6-13/h4-5,7H,1-3H2. The van der Waals surface area contributed by atoms with Crippen LogP contribution in [0.2, 0.25) is 5.02 Å². The molecule has 0 unspecified atom stereocenters. The Labute approximate surface area is 81.8 Å². The highest BCUT2D eigenvalue weighted by molar-refractivity contribution is 6.30. The van der Waals surface area contributed by atoms with Gasteiger partial charge < -0.3 is 0 Å². The molecule has 13 heavy (non-hydrogen) atoms. The summed E-state index contributed by atoms with van der Waals surface area (Å²) < 4.78 is 13.1. The summed E-state index contributed by atoms with van der Waals surface area (Å²) in [5.41, 5.74) is 0.625. The molecule has 0 saturated carbocycles. The van der Waals surface area contributed by atoms with Crippen LogP contribution in [0.5, 0.6) is 0 Å². The summed E-state index contributed by atoms with van der Waals surface area (Å²) in [4.78, 5) is 0. The average Bonchev–Trinajstić information content (AvgIpc) is 2.09. The SMILES string of the molecule is N#CCCCc1ccc(Cl)cc1F. The maximum Gasteiger partial charge on any atom is 0.127 e. The van der Waals surface area contributed by atoms with Gasteiger partial charge in [0.25, 0.3) is 0 Å². The summed E-state index contributed by atoms with van der Waals surface area (Å²) in [6.45, 7) is 0. The maximum absolute atomic E-state index is 13.1. The van der Waals surface area contributed by atoms with Crippen LogP contribution in [-0.4, -0.2) is 0 Å². The maximum atomic E-state index is 13.1. The molecule has 1 aromatic carbocycles. The van der Waals surface area contributed by atoms with E-state index in [1.54, 1.807) is 12.1 Å². The minimum Gasteiger partial charge on any atom is -0.207 e. The highest BCUT2D eigenvalue weighted by atomic mass is 35.5. The van der Waals surface area contributed by atoms with Crippen molar-refractivity contribution in [2.45, 2.75) is 19.3 Å². The number of nitrogens with zero attached hydrogens (tertiary/aromatic N) is 1. The van der Waals surface area contributed by atoms with E-state index in [0.29, 0.717) is 29.8 Å². The molecule has 0 aliphatic carbocycles. The van der Waals surface area contributed by atoms with Crippen LogP contribution in [0.15, 0.2) is 18.2 Å². The number of hydrogen-bond donors (Lipinski definition) is 0. The summed E-state index contributed by atoms with van der Waals surface area (Å²) in [7, 11) is 0. The lowest BCUT2D eigenvalue weighted by molar-refractivity contribution is 0.605. The second kappa shape index (κ2) is 4.84. The van der Waals surface area contributed by atoms with Crippen molar-refractivity contribution in [1.29, 1.82) is 5.26 Å². The van der Waals surface area contributed by atoms with E-state index < -0.39 is 0 Å². The van der Waals surface area contributed by atoms with E-state index in [4.69, 9.17) is 16.9 Å². The number of aryl methyl sites for hydroxylation is 1. The Bertz CT molecular complexity index is 330. The Kier molecular flexibility index (Phi) is 3.72. The molecule has 0 atom stereocenters. The molecule has 1 nitrogen and oxygen atoms in total. The van der Waals surface area contributed by atoms with Crippen molar-refractivity contribution in [2.24, 2.45) is 0 Å². The van der Waals surface area contributed by atoms with Crippen LogP contribution >= 0.6 is 11.6 Å². The molecule has 0 radical (unpaired) electrons. The van der Waals surface area contributed by atoms with Gasteiger partial charge in [0, 0.05) is 11.4 Å². The molecule has 1 aromatic rings. The van der Waals surface area contributed by atoms with E-state index >= 15 is 0 Å². The third-order valence-corrected chi connectivity index (χ3v) is 1.98. The monoisotopic (exact) mass is 197 g/mol. The van der Waals surface area contributed by atoms with Crippen LogP contribution in [0.4, 0.5) is 4.39 Å². The van der Waals surface area contributed by atoms with Crippen LogP contribution in [0.25, 0.3) is 0 Å². The predicted octanol–water partition coefficient (Wildman–Crippen LogP) is 3.33. The molecule has 0 amide bonds. The van der Waals surface area contributed by atoms with Gasteiger partial charge in [-0.1, -0.05) is 17.7 Å². The first kappa shape index (κ1) is 10.0. The fourth-order valence-electron chi connectivity index (χ4n) is 1.08. The molecule has 0 bridgehead atoms.